The van der Waals surface area contributed by atoms with Crippen molar-refractivity contribution in [3.63, 3.8) is 0 Å². The van der Waals surface area contributed by atoms with Crippen LogP contribution in [-0.2, 0) is 6.18 Å². The maximum Gasteiger partial charge on any atom is 0.416 e. The van der Waals surface area contributed by atoms with E-state index in [1.807, 2.05) is 0 Å². The lowest BCUT2D eigenvalue weighted by Gasteiger charge is -2.17. The van der Waals surface area contributed by atoms with Crippen molar-refractivity contribution < 1.29 is 18.3 Å². The van der Waals surface area contributed by atoms with Crippen molar-refractivity contribution in [2.45, 2.75) is 25.4 Å². The normalized spacial score (nSPS) is 17.3. The molecule has 0 radical (unpaired) electrons. The first kappa shape index (κ1) is 14.0. The Kier molecular flexibility index (Phi) is 3.62. The quantitative estimate of drug-likeness (QED) is 0.724. The number of halogens is 3. The number of nitrogens with one attached hydrogen (secondary N) is 1. The number of anilines is 2. The second-order valence-corrected chi connectivity index (χ2v) is 5.13. The van der Waals surface area contributed by atoms with Gasteiger partial charge in [-0.25, -0.2) is 0 Å². The molecule has 0 heterocycles. The molecule has 0 aliphatic heterocycles. The summed E-state index contributed by atoms with van der Waals surface area (Å²) < 4.78 is 37.4. The molecule has 2 rings (SSSR count). The summed E-state index contributed by atoms with van der Waals surface area (Å²) >= 11 is 0. The smallest absolute Gasteiger partial charge is 0.397 e. The van der Waals surface area contributed by atoms with Crippen LogP contribution in [-0.4, -0.2) is 18.3 Å². The lowest BCUT2D eigenvalue weighted by Crippen LogP contribution is -2.17. The molecule has 4 N–H and O–H groups in total. The van der Waals surface area contributed by atoms with E-state index in [2.05, 4.69) is 5.32 Å². The third kappa shape index (κ3) is 3.32. The number of hydrogen-bond acceptors (Lipinski definition) is 3. The third-order valence-corrected chi connectivity index (χ3v) is 3.63. The van der Waals surface area contributed by atoms with Gasteiger partial charge >= 0.3 is 6.18 Å². The van der Waals surface area contributed by atoms with Crippen LogP contribution in [0.4, 0.5) is 24.5 Å². The Hall–Kier alpha value is -1.43. The van der Waals surface area contributed by atoms with E-state index in [0.29, 0.717) is 18.7 Å². The van der Waals surface area contributed by atoms with Gasteiger partial charge in [0.1, 0.15) is 0 Å². The van der Waals surface area contributed by atoms with E-state index in [-0.39, 0.29) is 17.7 Å². The van der Waals surface area contributed by atoms with Crippen molar-refractivity contribution in [1.82, 2.24) is 0 Å². The highest BCUT2D eigenvalue weighted by Gasteiger charge is 2.41. The van der Waals surface area contributed by atoms with E-state index < -0.39 is 11.7 Å². The van der Waals surface area contributed by atoms with Gasteiger partial charge in [0.05, 0.1) is 16.9 Å². The van der Waals surface area contributed by atoms with Gasteiger partial charge in [0.25, 0.3) is 0 Å². The maximum absolute atomic E-state index is 12.5. The highest BCUT2D eigenvalue weighted by atomic mass is 19.4. The Morgan fingerprint density at radius 3 is 2.47 bits per heavy atom. The van der Waals surface area contributed by atoms with Gasteiger partial charge in [0.15, 0.2) is 0 Å². The zero-order valence-corrected chi connectivity index (χ0v) is 10.4. The standard InChI is InChI=1S/C13H17F3N2O/c14-13(15,16)9-1-2-11(10(17)7-9)18-8-12(3-4-12)5-6-19/h1-2,7,18-19H,3-6,8,17H2. The van der Waals surface area contributed by atoms with Crippen molar-refractivity contribution in [1.29, 1.82) is 0 Å². The predicted octanol–water partition coefficient (Wildman–Crippen LogP) is 2.86. The third-order valence-electron chi connectivity index (χ3n) is 3.63. The zero-order chi connectivity index (χ0) is 14.1. The van der Waals surface area contributed by atoms with Gasteiger partial charge in [-0.2, -0.15) is 13.2 Å². The average molecular weight is 274 g/mol. The SMILES string of the molecule is Nc1cc(C(F)(F)F)ccc1NCC1(CCO)CC1. The molecule has 106 valence electrons. The minimum absolute atomic E-state index is 0.0872. The summed E-state index contributed by atoms with van der Waals surface area (Å²) in [6, 6.07) is 3.31. The van der Waals surface area contributed by atoms with Crippen LogP contribution in [0.3, 0.4) is 0 Å². The number of nitrogen functional groups attached to an aromatic ring is 1. The van der Waals surface area contributed by atoms with E-state index in [9.17, 15) is 13.2 Å². The largest absolute Gasteiger partial charge is 0.416 e. The van der Waals surface area contributed by atoms with Gasteiger partial charge in [-0.1, -0.05) is 0 Å². The van der Waals surface area contributed by atoms with Crippen molar-refractivity contribution >= 4 is 11.4 Å². The van der Waals surface area contributed by atoms with Crippen LogP contribution < -0.4 is 11.1 Å². The number of benzene rings is 1. The first-order valence-corrected chi connectivity index (χ1v) is 6.18. The van der Waals surface area contributed by atoms with Crippen LogP contribution in [0.1, 0.15) is 24.8 Å². The minimum atomic E-state index is -4.37. The molecule has 3 nitrogen and oxygen atoms in total. The lowest BCUT2D eigenvalue weighted by molar-refractivity contribution is -0.137. The fraction of sp³-hybridized carbons (Fsp3) is 0.538. The summed E-state index contributed by atoms with van der Waals surface area (Å²) in [6.45, 7) is 0.757. The maximum atomic E-state index is 12.5. The van der Waals surface area contributed by atoms with E-state index in [4.69, 9.17) is 10.8 Å². The summed E-state index contributed by atoms with van der Waals surface area (Å²) in [5.41, 5.74) is 5.58. The van der Waals surface area contributed by atoms with Gasteiger partial charge in [-0.05, 0) is 42.9 Å². The molecule has 0 bridgehead atoms. The molecule has 1 aliphatic carbocycles. The molecule has 0 saturated heterocycles. The first-order chi connectivity index (χ1) is 8.86. The van der Waals surface area contributed by atoms with Gasteiger partial charge in [0, 0.05) is 13.2 Å². The minimum Gasteiger partial charge on any atom is -0.397 e. The van der Waals surface area contributed by atoms with Crippen LogP contribution in [0.25, 0.3) is 0 Å². The summed E-state index contributed by atoms with van der Waals surface area (Å²) in [5.74, 6) is 0. The molecule has 0 spiro atoms. The fourth-order valence-electron chi connectivity index (χ4n) is 2.11. The molecule has 6 heteroatoms. The highest BCUT2D eigenvalue weighted by molar-refractivity contribution is 5.67. The molecule has 0 unspecified atom stereocenters. The molecule has 1 saturated carbocycles. The Bertz CT molecular complexity index is 456. The van der Waals surface area contributed by atoms with Crippen molar-refractivity contribution in [3.8, 4) is 0 Å². The van der Waals surface area contributed by atoms with Crippen LogP contribution in [0.2, 0.25) is 0 Å². The van der Waals surface area contributed by atoms with Crippen LogP contribution in [0.5, 0.6) is 0 Å². The number of aliphatic hydroxyl groups excluding tert-OH is 1. The molecule has 1 aliphatic rings. The van der Waals surface area contributed by atoms with Crippen LogP contribution in [0.15, 0.2) is 18.2 Å². The number of rotatable bonds is 5. The van der Waals surface area contributed by atoms with E-state index >= 15 is 0 Å². The summed E-state index contributed by atoms with van der Waals surface area (Å²) in [6.07, 6.45) is -1.61. The van der Waals surface area contributed by atoms with Crippen LogP contribution in [0, 0.1) is 5.41 Å². The van der Waals surface area contributed by atoms with Gasteiger partial charge in [-0.3, -0.25) is 0 Å². The fourth-order valence-corrected chi connectivity index (χ4v) is 2.11. The second kappa shape index (κ2) is 4.92. The first-order valence-electron chi connectivity index (χ1n) is 6.18. The molecular weight excluding hydrogens is 257 g/mol. The molecule has 1 fully saturated rings. The molecule has 0 amide bonds. The number of hydrogen-bond donors (Lipinski definition) is 3. The molecule has 0 atom stereocenters. The second-order valence-electron chi connectivity index (χ2n) is 5.13. The lowest BCUT2D eigenvalue weighted by atomic mass is 10.0. The molecule has 0 aromatic heterocycles. The van der Waals surface area contributed by atoms with E-state index in [1.54, 1.807) is 0 Å². The van der Waals surface area contributed by atoms with Crippen molar-refractivity contribution in [2.75, 3.05) is 24.2 Å². The summed E-state index contributed by atoms with van der Waals surface area (Å²) in [4.78, 5) is 0. The zero-order valence-electron chi connectivity index (χ0n) is 10.4. The predicted molar refractivity (Wildman–Crippen MR) is 67.7 cm³/mol. The van der Waals surface area contributed by atoms with Crippen molar-refractivity contribution in [2.24, 2.45) is 5.41 Å². The number of nitrogens with two attached hydrogens (primary N) is 1. The molecular formula is C13H17F3N2O. The molecule has 1 aromatic rings. The van der Waals surface area contributed by atoms with Crippen molar-refractivity contribution in [3.05, 3.63) is 23.8 Å². The Labute approximate surface area is 109 Å². The van der Waals surface area contributed by atoms with E-state index in [0.717, 1.165) is 25.0 Å². The number of aliphatic hydroxyl groups is 1. The van der Waals surface area contributed by atoms with Gasteiger partial charge in [0.2, 0.25) is 0 Å². The van der Waals surface area contributed by atoms with Gasteiger partial charge in [-0.15, -0.1) is 0 Å². The highest BCUT2D eigenvalue weighted by Crippen LogP contribution is 2.48. The number of alkyl halides is 3. The molecule has 1 aromatic carbocycles. The van der Waals surface area contributed by atoms with Crippen LogP contribution >= 0.6 is 0 Å². The van der Waals surface area contributed by atoms with Gasteiger partial charge < -0.3 is 16.2 Å². The average Bonchev–Trinajstić information content (AvgIpc) is 3.07. The molecule has 19 heavy (non-hydrogen) atoms. The Morgan fingerprint density at radius 2 is 2.00 bits per heavy atom. The topological polar surface area (TPSA) is 58.3 Å². The summed E-state index contributed by atoms with van der Waals surface area (Å²) in [5, 5.41) is 12.0. The monoisotopic (exact) mass is 274 g/mol. The Balaban J connectivity index is 2.02. The summed E-state index contributed by atoms with van der Waals surface area (Å²) in [7, 11) is 0. The van der Waals surface area contributed by atoms with E-state index in [1.165, 1.54) is 6.07 Å². The Morgan fingerprint density at radius 1 is 1.32 bits per heavy atom.